The molecule has 0 bridgehead atoms. The topological polar surface area (TPSA) is 89.7 Å². The Balaban J connectivity index is 1.39. The summed E-state index contributed by atoms with van der Waals surface area (Å²) in [5, 5.41) is 6.85. The van der Waals surface area contributed by atoms with E-state index in [1.165, 1.54) is 5.56 Å². The maximum absolute atomic E-state index is 12.4. The monoisotopic (exact) mass is 374 g/mol. The molecule has 0 saturated carbocycles. The molecule has 1 aromatic heterocycles. The van der Waals surface area contributed by atoms with E-state index in [2.05, 4.69) is 27.6 Å². The molecule has 1 unspecified atom stereocenters. The summed E-state index contributed by atoms with van der Waals surface area (Å²) < 4.78 is 15.9. The van der Waals surface area contributed by atoms with Crippen LogP contribution >= 0.6 is 0 Å². The minimum atomic E-state index is -0.0406. The zero-order valence-electron chi connectivity index (χ0n) is 15.6. The van der Waals surface area contributed by atoms with Crippen LogP contribution in [0.4, 0.5) is 4.79 Å². The lowest BCUT2D eigenvalue weighted by Gasteiger charge is -2.32. The Morgan fingerprint density at radius 1 is 1.33 bits per heavy atom. The number of carbonyl (C=O) groups excluding carboxylic acids is 1. The lowest BCUT2D eigenvalue weighted by Crippen LogP contribution is -2.48. The van der Waals surface area contributed by atoms with E-state index in [1.807, 2.05) is 23.1 Å². The first kappa shape index (κ1) is 19.3. The maximum atomic E-state index is 12.4. The molecular formula is C19H26N4O4. The molecule has 1 aromatic carbocycles. The van der Waals surface area contributed by atoms with Gasteiger partial charge in [-0.05, 0) is 24.8 Å². The van der Waals surface area contributed by atoms with Gasteiger partial charge in [-0.15, -0.1) is 0 Å². The van der Waals surface area contributed by atoms with Gasteiger partial charge >= 0.3 is 6.03 Å². The molecule has 2 amide bonds. The summed E-state index contributed by atoms with van der Waals surface area (Å²) >= 11 is 0. The summed E-state index contributed by atoms with van der Waals surface area (Å²) in [6.45, 7) is 2.49. The number of carbonyl (C=O) groups is 1. The maximum Gasteiger partial charge on any atom is 0.317 e. The second-order valence-electron chi connectivity index (χ2n) is 6.53. The van der Waals surface area contributed by atoms with E-state index >= 15 is 0 Å². The molecule has 0 aliphatic carbocycles. The molecule has 1 atom stereocenters. The van der Waals surface area contributed by atoms with Crippen molar-refractivity contribution in [3.8, 4) is 0 Å². The molecule has 146 valence electrons. The molecule has 1 aliphatic rings. The fourth-order valence-corrected chi connectivity index (χ4v) is 3.05. The van der Waals surface area contributed by atoms with E-state index in [0.29, 0.717) is 24.8 Å². The van der Waals surface area contributed by atoms with Crippen molar-refractivity contribution in [3.63, 3.8) is 0 Å². The third-order valence-corrected chi connectivity index (χ3v) is 4.42. The Bertz CT molecular complexity index is 707. The average Bonchev–Trinajstić information content (AvgIpc) is 3.15. The molecule has 8 nitrogen and oxygen atoms in total. The van der Waals surface area contributed by atoms with Crippen molar-refractivity contribution in [2.75, 3.05) is 26.7 Å². The van der Waals surface area contributed by atoms with Gasteiger partial charge in [0, 0.05) is 26.7 Å². The van der Waals surface area contributed by atoms with Gasteiger partial charge in [-0.2, -0.15) is 4.98 Å². The lowest BCUT2D eigenvalue weighted by atomic mass is 10.1. The fourth-order valence-electron chi connectivity index (χ4n) is 3.05. The average molecular weight is 374 g/mol. The number of nitrogens with one attached hydrogen (secondary N) is 1. The molecule has 0 radical (unpaired) electrons. The van der Waals surface area contributed by atoms with E-state index in [0.717, 1.165) is 25.8 Å². The third-order valence-electron chi connectivity index (χ3n) is 4.42. The molecule has 27 heavy (non-hydrogen) atoms. The number of aromatic nitrogens is 2. The van der Waals surface area contributed by atoms with Gasteiger partial charge in [0.25, 0.3) is 5.89 Å². The second kappa shape index (κ2) is 10.0. The number of methoxy groups -OCH3 is 1. The highest BCUT2D eigenvalue weighted by atomic mass is 16.5. The SMILES string of the molecule is COCc1nc(COC2CCCN(C(=O)NCCc3ccccc3)C2)no1. The number of urea groups is 1. The molecular weight excluding hydrogens is 348 g/mol. The molecule has 2 aromatic rings. The highest BCUT2D eigenvalue weighted by Crippen LogP contribution is 2.15. The second-order valence-corrected chi connectivity index (χ2v) is 6.53. The van der Waals surface area contributed by atoms with Crippen LogP contribution in [0.5, 0.6) is 0 Å². The minimum Gasteiger partial charge on any atom is -0.375 e. The zero-order chi connectivity index (χ0) is 18.9. The van der Waals surface area contributed by atoms with Crippen molar-refractivity contribution < 1.29 is 18.8 Å². The molecule has 1 aliphatic heterocycles. The number of hydrogen-bond donors (Lipinski definition) is 1. The van der Waals surface area contributed by atoms with Gasteiger partial charge in [0.05, 0.1) is 6.10 Å². The first-order valence-corrected chi connectivity index (χ1v) is 9.23. The van der Waals surface area contributed by atoms with Crippen LogP contribution in [0.15, 0.2) is 34.9 Å². The number of piperidine rings is 1. The quantitative estimate of drug-likeness (QED) is 0.761. The summed E-state index contributed by atoms with van der Waals surface area (Å²) in [5.41, 5.74) is 1.21. The highest BCUT2D eigenvalue weighted by molar-refractivity contribution is 5.74. The van der Waals surface area contributed by atoms with Crippen molar-refractivity contribution in [1.29, 1.82) is 0 Å². The van der Waals surface area contributed by atoms with Gasteiger partial charge in [-0.1, -0.05) is 35.5 Å². The van der Waals surface area contributed by atoms with Crippen LogP contribution in [0.3, 0.4) is 0 Å². The Morgan fingerprint density at radius 2 is 2.19 bits per heavy atom. The van der Waals surface area contributed by atoms with Gasteiger partial charge < -0.3 is 24.2 Å². The van der Waals surface area contributed by atoms with Crippen molar-refractivity contribution >= 4 is 6.03 Å². The third kappa shape index (κ3) is 6.04. The first-order valence-electron chi connectivity index (χ1n) is 9.23. The molecule has 1 saturated heterocycles. The number of nitrogens with zero attached hydrogens (tertiary/aromatic N) is 3. The Hall–Kier alpha value is -2.45. The highest BCUT2D eigenvalue weighted by Gasteiger charge is 2.24. The molecule has 1 fully saturated rings. The van der Waals surface area contributed by atoms with E-state index in [1.54, 1.807) is 7.11 Å². The number of rotatable bonds is 8. The summed E-state index contributed by atoms with van der Waals surface area (Å²) in [6.07, 6.45) is 2.62. The number of likely N-dealkylation sites (tertiary alicyclic amines) is 1. The van der Waals surface area contributed by atoms with Gasteiger partial charge in [-0.25, -0.2) is 4.79 Å². The molecule has 1 N–H and O–H groups in total. The van der Waals surface area contributed by atoms with Gasteiger partial charge in [0.15, 0.2) is 5.82 Å². The normalized spacial score (nSPS) is 17.1. The van der Waals surface area contributed by atoms with Crippen LogP contribution in [0, 0.1) is 0 Å². The number of ether oxygens (including phenoxy) is 2. The van der Waals surface area contributed by atoms with Crippen molar-refractivity contribution in [3.05, 3.63) is 47.6 Å². The smallest absolute Gasteiger partial charge is 0.317 e. The Morgan fingerprint density at radius 3 is 3.00 bits per heavy atom. The van der Waals surface area contributed by atoms with Gasteiger partial charge in [0.2, 0.25) is 0 Å². The largest absolute Gasteiger partial charge is 0.375 e. The summed E-state index contributed by atoms with van der Waals surface area (Å²) in [4.78, 5) is 18.4. The van der Waals surface area contributed by atoms with Crippen LogP contribution in [-0.4, -0.2) is 53.9 Å². The summed E-state index contributed by atoms with van der Waals surface area (Å²) in [6, 6.07) is 10.1. The minimum absolute atomic E-state index is 0.0250. The Kier molecular flexibility index (Phi) is 7.18. The van der Waals surface area contributed by atoms with E-state index in [9.17, 15) is 4.79 Å². The first-order chi connectivity index (χ1) is 13.2. The van der Waals surface area contributed by atoms with Crippen LogP contribution in [-0.2, 0) is 29.1 Å². The van der Waals surface area contributed by atoms with Crippen LogP contribution < -0.4 is 5.32 Å². The van der Waals surface area contributed by atoms with Gasteiger partial charge in [-0.3, -0.25) is 0 Å². The van der Waals surface area contributed by atoms with Gasteiger partial charge in [0.1, 0.15) is 13.2 Å². The van der Waals surface area contributed by atoms with Crippen LogP contribution in [0.25, 0.3) is 0 Å². The molecule has 8 heteroatoms. The summed E-state index contributed by atoms with van der Waals surface area (Å²) in [7, 11) is 1.57. The lowest BCUT2D eigenvalue weighted by molar-refractivity contribution is -0.00367. The molecule has 2 heterocycles. The predicted octanol–water partition coefficient (Wildman–Crippen LogP) is 2.15. The predicted molar refractivity (Wildman–Crippen MR) is 97.9 cm³/mol. The van der Waals surface area contributed by atoms with Crippen LogP contribution in [0.2, 0.25) is 0 Å². The number of amides is 2. The van der Waals surface area contributed by atoms with E-state index in [4.69, 9.17) is 14.0 Å². The van der Waals surface area contributed by atoms with Crippen molar-refractivity contribution in [1.82, 2.24) is 20.4 Å². The fraction of sp³-hybridized carbons (Fsp3) is 0.526. The number of benzene rings is 1. The van der Waals surface area contributed by atoms with Crippen molar-refractivity contribution in [2.24, 2.45) is 0 Å². The van der Waals surface area contributed by atoms with E-state index in [-0.39, 0.29) is 25.3 Å². The van der Waals surface area contributed by atoms with Crippen LogP contribution in [0.1, 0.15) is 30.1 Å². The molecule has 0 spiro atoms. The summed E-state index contributed by atoms with van der Waals surface area (Å²) in [5.74, 6) is 0.922. The number of hydrogen-bond acceptors (Lipinski definition) is 6. The molecule has 3 rings (SSSR count). The standard InChI is InChI=1S/C19H26N4O4/c1-25-14-18-21-17(22-27-18)13-26-16-8-5-11-23(12-16)19(24)20-10-9-15-6-3-2-4-7-15/h2-4,6-7,16H,5,8-14H2,1H3,(H,20,24). The van der Waals surface area contributed by atoms with Crippen molar-refractivity contribution in [2.45, 2.75) is 38.6 Å². The zero-order valence-corrected chi connectivity index (χ0v) is 15.6. The Labute approximate surface area is 158 Å². The van der Waals surface area contributed by atoms with E-state index < -0.39 is 0 Å².